The number of hydrogen-bond acceptors (Lipinski definition) is 3. The van der Waals surface area contributed by atoms with Crippen molar-refractivity contribution >= 4 is 11.6 Å². The van der Waals surface area contributed by atoms with Crippen LogP contribution >= 0.6 is 0 Å². The van der Waals surface area contributed by atoms with E-state index >= 15 is 0 Å². The largest absolute Gasteiger partial charge is 0.469 e. The predicted octanol–water partition coefficient (Wildman–Crippen LogP) is 3.25. The Hall–Kier alpha value is -2.23. The number of carbonyl (C=O) groups excluding carboxylic acids is 1. The van der Waals surface area contributed by atoms with E-state index in [0.717, 1.165) is 18.7 Å². The highest BCUT2D eigenvalue weighted by Crippen LogP contribution is 2.49. The van der Waals surface area contributed by atoms with Gasteiger partial charge in [-0.2, -0.15) is 0 Å². The second kappa shape index (κ2) is 5.44. The molecule has 0 radical (unpaired) electrons. The normalized spacial score (nSPS) is 26.6. The number of rotatable bonds is 2. The van der Waals surface area contributed by atoms with Crippen LogP contribution in [-0.4, -0.2) is 30.4 Å². The molecule has 0 saturated heterocycles. The molecule has 1 aliphatic carbocycles. The zero-order valence-electron chi connectivity index (χ0n) is 13.6. The van der Waals surface area contributed by atoms with Crippen LogP contribution in [0.3, 0.4) is 0 Å². The first-order valence-electron chi connectivity index (χ1n) is 8.28. The average molecular weight is 310 g/mol. The highest BCUT2D eigenvalue weighted by atomic mass is 16.3. The maximum atomic E-state index is 13.0. The molecule has 1 saturated carbocycles. The third-order valence-electron chi connectivity index (χ3n) is 5.11. The standard InChI is InChI=1S/C19H22N2O2/c1-13-11-20(2)17-7-4-3-6-14(17)12-21(13)19(22)16-10-15(16)18-8-5-9-23-18/h3-9,13,15-16H,10-12H2,1-2H3/t13-,15-,16-/m1/s1. The number of benzene rings is 1. The van der Waals surface area contributed by atoms with Crippen molar-refractivity contribution in [3.05, 3.63) is 54.0 Å². The summed E-state index contributed by atoms with van der Waals surface area (Å²) in [5, 5.41) is 0. The van der Waals surface area contributed by atoms with Gasteiger partial charge in [-0.3, -0.25) is 4.79 Å². The van der Waals surface area contributed by atoms with Crippen molar-refractivity contribution in [1.82, 2.24) is 4.90 Å². The quantitative estimate of drug-likeness (QED) is 0.854. The van der Waals surface area contributed by atoms with E-state index in [0.29, 0.717) is 6.54 Å². The number of hydrogen-bond donors (Lipinski definition) is 0. The minimum atomic E-state index is 0.0826. The van der Waals surface area contributed by atoms with Crippen LogP contribution in [0.25, 0.3) is 0 Å². The summed E-state index contributed by atoms with van der Waals surface area (Å²) < 4.78 is 5.47. The van der Waals surface area contributed by atoms with Crippen molar-refractivity contribution in [2.75, 3.05) is 18.5 Å². The minimum Gasteiger partial charge on any atom is -0.469 e. The smallest absolute Gasteiger partial charge is 0.227 e. The molecule has 2 aliphatic rings. The first-order chi connectivity index (χ1) is 11.1. The number of nitrogens with zero attached hydrogens (tertiary/aromatic N) is 2. The van der Waals surface area contributed by atoms with Gasteiger partial charge in [0.2, 0.25) is 5.91 Å². The van der Waals surface area contributed by atoms with E-state index in [1.54, 1.807) is 6.26 Å². The second-order valence-corrected chi connectivity index (χ2v) is 6.79. The summed E-state index contributed by atoms with van der Waals surface area (Å²) in [4.78, 5) is 17.3. The summed E-state index contributed by atoms with van der Waals surface area (Å²) in [6.07, 6.45) is 2.60. The van der Waals surface area contributed by atoms with E-state index in [-0.39, 0.29) is 23.8 Å². The van der Waals surface area contributed by atoms with Gasteiger partial charge in [0.25, 0.3) is 0 Å². The Morgan fingerprint density at radius 2 is 2.04 bits per heavy atom. The third-order valence-corrected chi connectivity index (χ3v) is 5.11. The monoisotopic (exact) mass is 310 g/mol. The molecule has 2 aromatic rings. The number of fused-ring (bicyclic) bond motifs is 1. The minimum absolute atomic E-state index is 0.0826. The summed E-state index contributed by atoms with van der Waals surface area (Å²) in [7, 11) is 2.10. The molecular weight excluding hydrogens is 288 g/mol. The molecular formula is C19H22N2O2. The van der Waals surface area contributed by atoms with Crippen LogP contribution in [0.5, 0.6) is 0 Å². The van der Waals surface area contributed by atoms with Gasteiger partial charge in [0.1, 0.15) is 5.76 Å². The van der Waals surface area contributed by atoms with Crippen molar-refractivity contribution < 1.29 is 9.21 Å². The van der Waals surface area contributed by atoms with Crippen molar-refractivity contribution in [2.24, 2.45) is 5.92 Å². The van der Waals surface area contributed by atoms with Crippen molar-refractivity contribution in [1.29, 1.82) is 0 Å². The van der Waals surface area contributed by atoms with Gasteiger partial charge in [-0.25, -0.2) is 0 Å². The Morgan fingerprint density at radius 3 is 2.83 bits per heavy atom. The summed E-state index contributed by atoms with van der Waals surface area (Å²) in [6, 6.07) is 12.5. The molecule has 120 valence electrons. The van der Waals surface area contributed by atoms with Gasteiger partial charge >= 0.3 is 0 Å². The molecule has 0 unspecified atom stereocenters. The van der Waals surface area contributed by atoms with Crippen molar-refractivity contribution in [3.8, 4) is 0 Å². The Kier molecular flexibility index (Phi) is 3.40. The van der Waals surface area contributed by atoms with Crippen LogP contribution in [0, 0.1) is 5.92 Å². The lowest BCUT2D eigenvalue weighted by atomic mass is 10.1. The van der Waals surface area contributed by atoms with E-state index < -0.39 is 0 Å². The van der Waals surface area contributed by atoms with Gasteiger partial charge in [0.15, 0.2) is 0 Å². The van der Waals surface area contributed by atoms with Crippen LogP contribution in [0.4, 0.5) is 5.69 Å². The fourth-order valence-electron chi connectivity index (χ4n) is 3.74. The number of furan rings is 1. The fraction of sp³-hybridized carbons (Fsp3) is 0.421. The van der Waals surface area contributed by atoms with E-state index in [4.69, 9.17) is 4.42 Å². The third kappa shape index (κ3) is 2.52. The Labute approximate surface area is 136 Å². The Bertz CT molecular complexity index is 710. The predicted molar refractivity (Wildman–Crippen MR) is 89.3 cm³/mol. The van der Waals surface area contributed by atoms with E-state index in [9.17, 15) is 4.79 Å². The summed E-state index contributed by atoms with van der Waals surface area (Å²) >= 11 is 0. The Morgan fingerprint density at radius 1 is 1.22 bits per heavy atom. The molecule has 4 nitrogen and oxygen atoms in total. The highest BCUT2D eigenvalue weighted by Gasteiger charge is 2.48. The van der Waals surface area contributed by atoms with Crippen molar-refractivity contribution in [2.45, 2.75) is 31.8 Å². The topological polar surface area (TPSA) is 36.7 Å². The van der Waals surface area contributed by atoms with Crippen LogP contribution in [-0.2, 0) is 11.3 Å². The summed E-state index contributed by atoms with van der Waals surface area (Å²) in [5.41, 5.74) is 2.45. The maximum absolute atomic E-state index is 13.0. The van der Waals surface area contributed by atoms with Crippen molar-refractivity contribution in [3.63, 3.8) is 0 Å². The van der Waals surface area contributed by atoms with Gasteiger partial charge in [0.05, 0.1) is 6.26 Å². The SMILES string of the molecule is C[C@@H]1CN(C)c2ccccc2CN1C(=O)[C@@H]1C[C@H]1c1ccco1. The number of amides is 1. The van der Waals surface area contributed by atoms with Gasteiger partial charge in [-0.15, -0.1) is 0 Å². The highest BCUT2D eigenvalue weighted by molar-refractivity contribution is 5.83. The van der Waals surface area contributed by atoms with Crippen LogP contribution in [0.2, 0.25) is 0 Å². The average Bonchev–Trinajstić information content (AvgIpc) is 3.20. The molecule has 3 atom stereocenters. The molecule has 1 aromatic carbocycles. The van der Waals surface area contributed by atoms with Gasteiger partial charge in [0, 0.05) is 43.7 Å². The lowest BCUT2D eigenvalue weighted by Crippen LogP contribution is -2.42. The molecule has 0 N–H and O–H groups in total. The molecule has 4 heteroatoms. The van der Waals surface area contributed by atoms with E-state index in [1.807, 2.05) is 18.2 Å². The first kappa shape index (κ1) is 14.4. The first-order valence-corrected chi connectivity index (χ1v) is 8.28. The zero-order chi connectivity index (χ0) is 16.0. The Balaban J connectivity index is 1.56. The van der Waals surface area contributed by atoms with Crippen LogP contribution in [0.1, 0.15) is 30.6 Å². The summed E-state index contributed by atoms with van der Waals surface area (Å²) in [5.74, 6) is 1.56. The molecule has 0 bridgehead atoms. The molecule has 2 heterocycles. The molecule has 4 rings (SSSR count). The van der Waals surface area contributed by atoms with Crippen LogP contribution in [0.15, 0.2) is 47.1 Å². The van der Waals surface area contributed by atoms with Crippen LogP contribution < -0.4 is 4.90 Å². The lowest BCUT2D eigenvalue weighted by molar-refractivity contribution is -0.135. The maximum Gasteiger partial charge on any atom is 0.227 e. The zero-order valence-corrected chi connectivity index (χ0v) is 13.6. The molecule has 23 heavy (non-hydrogen) atoms. The van der Waals surface area contributed by atoms with Gasteiger partial charge in [-0.1, -0.05) is 18.2 Å². The van der Waals surface area contributed by atoms with E-state index in [2.05, 4.69) is 42.0 Å². The molecule has 1 aliphatic heterocycles. The lowest BCUT2D eigenvalue weighted by Gasteiger charge is -2.28. The number of anilines is 1. The molecule has 1 aromatic heterocycles. The van der Waals surface area contributed by atoms with E-state index in [1.165, 1.54) is 11.3 Å². The molecule has 0 spiro atoms. The van der Waals surface area contributed by atoms with Gasteiger partial charge in [-0.05, 0) is 37.1 Å². The van der Waals surface area contributed by atoms with Gasteiger partial charge < -0.3 is 14.2 Å². The number of carbonyl (C=O) groups is 1. The molecule has 1 fully saturated rings. The number of para-hydroxylation sites is 1. The summed E-state index contributed by atoms with van der Waals surface area (Å²) in [6.45, 7) is 3.70. The second-order valence-electron chi connectivity index (χ2n) is 6.79. The number of likely N-dealkylation sites (N-methyl/N-ethyl adjacent to an activating group) is 1. The fourth-order valence-corrected chi connectivity index (χ4v) is 3.74. The molecule has 1 amide bonds.